The maximum Gasteiger partial charge on any atom is 0.251 e. The lowest BCUT2D eigenvalue weighted by molar-refractivity contribution is 0.0905. The van der Waals surface area contributed by atoms with Crippen LogP contribution in [0.3, 0.4) is 0 Å². The maximum absolute atomic E-state index is 12.4. The molecule has 0 aliphatic rings. The highest BCUT2D eigenvalue weighted by molar-refractivity contribution is 6.30. The molecule has 0 saturated heterocycles. The molecule has 26 heavy (non-hydrogen) atoms. The van der Waals surface area contributed by atoms with Gasteiger partial charge >= 0.3 is 0 Å². The summed E-state index contributed by atoms with van der Waals surface area (Å²) < 4.78 is 16.5. The molecule has 140 valence electrons. The molecule has 0 spiro atoms. The van der Waals surface area contributed by atoms with E-state index in [4.69, 9.17) is 25.8 Å². The number of methoxy groups -OCH3 is 1. The van der Waals surface area contributed by atoms with Gasteiger partial charge in [-0.3, -0.25) is 4.79 Å². The summed E-state index contributed by atoms with van der Waals surface area (Å²) in [5, 5.41) is 3.50. The Morgan fingerprint density at radius 2 is 2.00 bits per heavy atom. The minimum atomic E-state index is -0.165. The highest BCUT2D eigenvalue weighted by atomic mass is 35.5. The molecule has 0 aromatic heterocycles. The summed E-state index contributed by atoms with van der Waals surface area (Å²) in [7, 11) is 1.60. The summed E-state index contributed by atoms with van der Waals surface area (Å²) >= 11 is 5.98. The van der Waals surface area contributed by atoms with Gasteiger partial charge in [0.2, 0.25) is 0 Å². The summed E-state index contributed by atoms with van der Waals surface area (Å²) in [5.74, 6) is 1.18. The molecule has 0 saturated carbocycles. The zero-order chi connectivity index (χ0) is 18.9. The Labute approximate surface area is 159 Å². The molecular weight excluding hydrogens is 354 g/mol. The van der Waals surface area contributed by atoms with Crippen molar-refractivity contribution in [3.05, 3.63) is 58.6 Å². The first-order chi connectivity index (χ1) is 12.5. The highest BCUT2D eigenvalue weighted by Crippen LogP contribution is 2.24. The van der Waals surface area contributed by atoms with Gasteiger partial charge in [-0.15, -0.1) is 0 Å². The van der Waals surface area contributed by atoms with Crippen LogP contribution in [-0.4, -0.2) is 32.3 Å². The Kier molecular flexibility index (Phi) is 7.75. The lowest BCUT2D eigenvalue weighted by atomic mass is 10.1. The molecule has 0 radical (unpaired) electrons. The van der Waals surface area contributed by atoms with Crippen molar-refractivity contribution in [3.63, 3.8) is 0 Å². The number of hydrogen-bond acceptors (Lipinski definition) is 4. The molecule has 0 bridgehead atoms. The van der Waals surface area contributed by atoms with Crippen LogP contribution in [0.1, 0.15) is 29.8 Å². The summed E-state index contributed by atoms with van der Waals surface area (Å²) in [6.07, 6.45) is 0. The summed E-state index contributed by atoms with van der Waals surface area (Å²) in [5.41, 5.74) is 1.33. The SMILES string of the molecule is CCOc1ccc(C(=O)N[C@@H](C)COC)cc1COc1cccc(Cl)c1. The van der Waals surface area contributed by atoms with Crippen LogP contribution in [0.15, 0.2) is 42.5 Å². The number of carbonyl (C=O) groups is 1. The molecular formula is C20H24ClNO4. The number of nitrogens with one attached hydrogen (secondary N) is 1. The second kappa shape index (κ2) is 10.0. The second-order valence-electron chi connectivity index (χ2n) is 5.83. The van der Waals surface area contributed by atoms with E-state index in [9.17, 15) is 4.79 Å². The average Bonchev–Trinajstić information content (AvgIpc) is 2.61. The Morgan fingerprint density at radius 3 is 2.69 bits per heavy atom. The van der Waals surface area contributed by atoms with Crippen molar-refractivity contribution in [1.82, 2.24) is 5.32 Å². The monoisotopic (exact) mass is 377 g/mol. The van der Waals surface area contributed by atoms with Gasteiger partial charge in [-0.05, 0) is 50.2 Å². The second-order valence-corrected chi connectivity index (χ2v) is 6.27. The van der Waals surface area contributed by atoms with Crippen molar-refractivity contribution in [3.8, 4) is 11.5 Å². The van der Waals surface area contributed by atoms with Crippen molar-refractivity contribution in [2.24, 2.45) is 0 Å². The van der Waals surface area contributed by atoms with Crippen molar-refractivity contribution in [2.75, 3.05) is 20.3 Å². The number of amides is 1. The molecule has 1 amide bonds. The highest BCUT2D eigenvalue weighted by Gasteiger charge is 2.13. The molecule has 2 rings (SSSR count). The third-order valence-corrected chi connectivity index (χ3v) is 3.84. The third-order valence-electron chi connectivity index (χ3n) is 3.61. The van der Waals surface area contributed by atoms with Gasteiger partial charge in [0, 0.05) is 29.3 Å². The lowest BCUT2D eigenvalue weighted by Gasteiger charge is -2.15. The Hall–Kier alpha value is -2.24. The summed E-state index contributed by atoms with van der Waals surface area (Å²) in [6, 6.07) is 12.4. The van der Waals surface area contributed by atoms with Crippen LogP contribution in [0.4, 0.5) is 0 Å². The van der Waals surface area contributed by atoms with Crippen LogP contribution < -0.4 is 14.8 Å². The smallest absolute Gasteiger partial charge is 0.251 e. The average molecular weight is 378 g/mol. The molecule has 2 aromatic rings. The van der Waals surface area contributed by atoms with Crippen molar-refractivity contribution in [2.45, 2.75) is 26.5 Å². The van der Waals surface area contributed by atoms with E-state index in [1.807, 2.05) is 26.0 Å². The first kappa shape index (κ1) is 20.1. The van der Waals surface area contributed by atoms with Crippen LogP contribution >= 0.6 is 11.6 Å². The third kappa shape index (κ3) is 5.93. The van der Waals surface area contributed by atoms with Crippen LogP contribution in [0, 0.1) is 0 Å². The van der Waals surface area contributed by atoms with E-state index >= 15 is 0 Å². The topological polar surface area (TPSA) is 56.8 Å². The fourth-order valence-corrected chi connectivity index (χ4v) is 2.63. The van der Waals surface area contributed by atoms with E-state index in [-0.39, 0.29) is 18.6 Å². The van der Waals surface area contributed by atoms with E-state index in [2.05, 4.69) is 5.32 Å². The summed E-state index contributed by atoms with van der Waals surface area (Å²) in [4.78, 5) is 12.4. The normalized spacial score (nSPS) is 11.7. The van der Waals surface area contributed by atoms with Crippen molar-refractivity contribution < 1.29 is 19.0 Å². The summed E-state index contributed by atoms with van der Waals surface area (Å²) in [6.45, 7) is 5.05. The van der Waals surface area contributed by atoms with Gasteiger partial charge in [-0.1, -0.05) is 17.7 Å². The molecule has 0 aliphatic carbocycles. The fraction of sp³-hybridized carbons (Fsp3) is 0.350. The van der Waals surface area contributed by atoms with Gasteiger partial charge < -0.3 is 19.5 Å². The predicted octanol–water partition coefficient (Wildman–Crippen LogP) is 4.08. The number of ether oxygens (including phenoxy) is 3. The van der Waals surface area contributed by atoms with Crippen LogP contribution in [0.5, 0.6) is 11.5 Å². The van der Waals surface area contributed by atoms with Crippen LogP contribution in [-0.2, 0) is 11.3 Å². The molecule has 5 nitrogen and oxygen atoms in total. The molecule has 0 fully saturated rings. The lowest BCUT2D eigenvalue weighted by Crippen LogP contribution is -2.35. The molecule has 1 N–H and O–H groups in total. The standard InChI is InChI=1S/C20H24ClNO4/c1-4-25-19-9-8-15(20(23)22-14(2)12-24-3)10-16(19)13-26-18-7-5-6-17(21)11-18/h5-11,14H,4,12-13H2,1-3H3,(H,22,23)/t14-/m0/s1. The minimum Gasteiger partial charge on any atom is -0.493 e. The van der Waals surface area contributed by atoms with Crippen molar-refractivity contribution >= 4 is 17.5 Å². The van der Waals surface area contributed by atoms with Gasteiger partial charge in [0.15, 0.2) is 0 Å². The van der Waals surface area contributed by atoms with Crippen LogP contribution in [0.2, 0.25) is 5.02 Å². The van der Waals surface area contributed by atoms with E-state index in [0.29, 0.717) is 35.3 Å². The minimum absolute atomic E-state index is 0.0785. The fourth-order valence-electron chi connectivity index (χ4n) is 2.45. The number of rotatable bonds is 9. The van der Waals surface area contributed by atoms with Crippen LogP contribution in [0.25, 0.3) is 0 Å². The van der Waals surface area contributed by atoms with E-state index in [0.717, 1.165) is 5.56 Å². The largest absolute Gasteiger partial charge is 0.493 e. The Morgan fingerprint density at radius 1 is 1.19 bits per heavy atom. The molecule has 2 aromatic carbocycles. The first-order valence-electron chi connectivity index (χ1n) is 8.47. The first-order valence-corrected chi connectivity index (χ1v) is 8.85. The van der Waals surface area contributed by atoms with Gasteiger partial charge in [0.05, 0.1) is 13.2 Å². The molecule has 0 heterocycles. The van der Waals surface area contributed by atoms with Gasteiger partial charge in [-0.2, -0.15) is 0 Å². The predicted molar refractivity (Wildman–Crippen MR) is 102 cm³/mol. The zero-order valence-corrected chi connectivity index (χ0v) is 16.0. The van der Waals surface area contributed by atoms with Gasteiger partial charge in [0.1, 0.15) is 18.1 Å². The number of carbonyl (C=O) groups excluding carboxylic acids is 1. The Balaban J connectivity index is 2.15. The number of halogens is 1. The van der Waals surface area contributed by atoms with Gasteiger partial charge in [0.25, 0.3) is 5.91 Å². The maximum atomic E-state index is 12.4. The number of hydrogen-bond donors (Lipinski definition) is 1. The number of benzene rings is 2. The quantitative estimate of drug-likeness (QED) is 0.715. The van der Waals surface area contributed by atoms with Gasteiger partial charge in [-0.25, -0.2) is 0 Å². The molecule has 0 unspecified atom stereocenters. The molecule has 6 heteroatoms. The van der Waals surface area contributed by atoms with E-state index < -0.39 is 0 Å². The van der Waals surface area contributed by atoms with E-state index in [1.165, 1.54) is 0 Å². The van der Waals surface area contributed by atoms with Crippen molar-refractivity contribution in [1.29, 1.82) is 0 Å². The Bertz CT molecular complexity index is 736. The zero-order valence-electron chi connectivity index (χ0n) is 15.3. The van der Waals surface area contributed by atoms with E-state index in [1.54, 1.807) is 37.4 Å². The molecule has 0 aliphatic heterocycles. The molecule has 1 atom stereocenters.